The van der Waals surface area contributed by atoms with E-state index in [4.69, 9.17) is 9.47 Å². The standard InChI is InChI=1S/C30H40O4/c1-3-5-7-10-23-14-18-27(19-15-23)33-29(31)25-12-9-13-26(22-25)30(32)34-28-20-16-24(17-21-28)11-8-6-4-2/h14-21,25-26H,3-13,22H2,1-2H3/t25-,26-/m0/s1. The van der Waals surface area contributed by atoms with Gasteiger partial charge in [-0.25, -0.2) is 0 Å². The normalized spacial score (nSPS) is 17.8. The fourth-order valence-electron chi connectivity index (χ4n) is 4.62. The number of unbranched alkanes of at least 4 members (excludes halogenated alkanes) is 4. The highest BCUT2D eigenvalue weighted by atomic mass is 16.5. The summed E-state index contributed by atoms with van der Waals surface area (Å²) >= 11 is 0. The fraction of sp³-hybridized carbons (Fsp3) is 0.533. The summed E-state index contributed by atoms with van der Waals surface area (Å²) in [4.78, 5) is 25.5. The van der Waals surface area contributed by atoms with Crippen molar-refractivity contribution in [1.29, 1.82) is 0 Å². The van der Waals surface area contributed by atoms with Crippen molar-refractivity contribution < 1.29 is 19.1 Å². The van der Waals surface area contributed by atoms with Gasteiger partial charge in [-0.3, -0.25) is 9.59 Å². The molecule has 0 aromatic heterocycles. The predicted molar refractivity (Wildman–Crippen MR) is 136 cm³/mol. The number of carbonyl (C=O) groups is 2. The first-order valence-electron chi connectivity index (χ1n) is 13.2. The first-order chi connectivity index (χ1) is 16.6. The average Bonchev–Trinajstić information content (AvgIpc) is 2.86. The largest absolute Gasteiger partial charge is 0.426 e. The molecule has 1 fully saturated rings. The molecule has 0 saturated heterocycles. The Morgan fingerprint density at radius 2 is 1.09 bits per heavy atom. The van der Waals surface area contributed by atoms with E-state index in [0.717, 1.165) is 32.1 Å². The van der Waals surface area contributed by atoms with E-state index in [9.17, 15) is 9.59 Å². The Balaban J connectivity index is 1.47. The summed E-state index contributed by atoms with van der Waals surface area (Å²) in [5, 5.41) is 0. The van der Waals surface area contributed by atoms with Gasteiger partial charge in [-0.1, -0.05) is 70.2 Å². The van der Waals surface area contributed by atoms with E-state index < -0.39 is 0 Å². The summed E-state index contributed by atoms with van der Waals surface area (Å²) in [6.45, 7) is 4.40. The Hall–Kier alpha value is -2.62. The van der Waals surface area contributed by atoms with Gasteiger partial charge in [0.25, 0.3) is 0 Å². The smallest absolute Gasteiger partial charge is 0.314 e. The molecule has 0 N–H and O–H groups in total. The quantitative estimate of drug-likeness (QED) is 0.186. The van der Waals surface area contributed by atoms with Crippen LogP contribution in [0, 0.1) is 11.8 Å². The maximum absolute atomic E-state index is 12.8. The molecular weight excluding hydrogens is 424 g/mol. The topological polar surface area (TPSA) is 52.6 Å². The summed E-state index contributed by atoms with van der Waals surface area (Å²) < 4.78 is 11.3. The summed E-state index contributed by atoms with van der Waals surface area (Å²) in [5.41, 5.74) is 2.53. The lowest BCUT2D eigenvalue weighted by Gasteiger charge is -2.26. The molecule has 0 spiro atoms. The number of carbonyl (C=O) groups excluding carboxylic acids is 2. The van der Waals surface area contributed by atoms with Crippen LogP contribution in [0.15, 0.2) is 48.5 Å². The van der Waals surface area contributed by atoms with Gasteiger partial charge in [-0.05, 0) is 80.3 Å². The number of esters is 2. The molecule has 2 atom stereocenters. The van der Waals surface area contributed by atoms with E-state index in [2.05, 4.69) is 13.8 Å². The minimum absolute atomic E-state index is 0.243. The van der Waals surface area contributed by atoms with Crippen LogP contribution >= 0.6 is 0 Å². The van der Waals surface area contributed by atoms with Crippen molar-refractivity contribution >= 4 is 11.9 Å². The highest BCUT2D eigenvalue weighted by molar-refractivity contribution is 5.79. The summed E-state index contributed by atoms with van der Waals surface area (Å²) in [7, 11) is 0. The summed E-state index contributed by atoms with van der Waals surface area (Å²) in [5.74, 6) is 0.134. The first kappa shape index (κ1) is 26.0. The molecule has 0 heterocycles. The molecule has 0 radical (unpaired) electrons. The molecule has 0 aliphatic heterocycles. The SMILES string of the molecule is CCCCCc1ccc(OC(=O)[C@H]2CCC[C@H](C(=O)Oc3ccc(CCCCC)cc3)C2)cc1. The lowest BCUT2D eigenvalue weighted by Crippen LogP contribution is -2.31. The van der Waals surface area contributed by atoms with Gasteiger partial charge in [0, 0.05) is 0 Å². The lowest BCUT2D eigenvalue weighted by atomic mass is 9.81. The second-order valence-corrected chi connectivity index (χ2v) is 9.60. The monoisotopic (exact) mass is 464 g/mol. The number of hydrogen-bond donors (Lipinski definition) is 0. The van der Waals surface area contributed by atoms with Crippen molar-refractivity contribution in [2.75, 3.05) is 0 Å². The molecule has 4 nitrogen and oxygen atoms in total. The van der Waals surface area contributed by atoms with Gasteiger partial charge in [0.1, 0.15) is 11.5 Å². The zero-order valence-electron chi connectivity index (χ0n) is 20.9. The van der Waals surface area contributed by atoms with Crippen LogP contribution < -0.4 is 9.47 Å². The van der Waals surface area contributed by atoms with Crippen molar-refractivity contribution in [3.05, 3.63) is 59.7 Å². The molecule has 4 heteroatoms. The van der Waals surface area contributed by atoms with Crippen molar-refractivity contribution in [3.63, 3.8) is 0 Å². The van der Waals surface area contributed by atoms with E-state index in [1.165, 1.54) is 49.7 Å². The highest BCUT2D eigenvalue weighted by Crippen LogP contribution is 2.32. The van der Waals surface area contributed by atoms with Gasteiger partial charge in [-0.15, -0.1) is 0 Å². The molecule has 1 aliphatic rings. The van der Waals surface area contributed by atoms with E-state index in [1.54, 1.807) is 0 Å². The van der Waals surface area contributed by atoms with Crippen LogP contribution in [0.25, 0.3) is 0 Å². The fourth-order valence-corrected chi connectivity index (χ4v) is 4.62. The van der Waals surface area contributed by atoms with Gasteiger partial charge in [0.05, 0.1) is 11.8 Å². The van der Waals surface area contributed by atoms with Gasteiger partial charge < -0.3 is 9.47 Å². The van der Waals surface area contributed by atoms with Crippen molar-refractivity contribution in [2.45, 2.75) is 90.9 Å². The van der Waals surface area contributed by atoms with E-state index in [-0.39, 0.29) is 23.8 Å². The van der Waals surface area contributed by atoms with Crippen LogP contribution in [0.4, 0.5) is 0 Å². The van der Waals surface area contributed by atoms with Gasteiger partial charge in [-0.2, -0.15) is 0 Å². The Kier molecular flexibility index (Phi) is 10.7. The third kappa shape index (κ3) is 8.30. The van der Waals surface area contributed by atoms with Crippen LogP contribution in [0.2, 0.25) is 0 Å². The highest BCUT2D eigenvalue weighted by Gasteiger charge is 2.33. The number of aryl methyl sites for hydroxylation is 2. The molecule has 1 saturated carbocycles. The Morgan fingerprint density at radius 1 is 0.676 bits per heavy atom. The maximum Gasteiger partial charge on any atom is 0.314 e. The van der Waals surface area contributed by atoms with Crippen molar-refractivity contribution in [1.82, 2.24) is 0 Å². The summed E-state index contributed by atoms with van der Waals surface area (Å²) in [6, 6.07) is 15.6. The molecule has 0 amide bonds. The van der Waals surface area contributed by atoms with Crippen LogP contribution in [0.3, 0.4) is 0 Å². The average molecular weight is 465 g/mol. The molecule has 3 rings (SSSR count). The molecular formula is C30H40O4. The van der Waals surface area contributed by atoms with Gasteiger partial charge in [0.2, 0.25) is 0 Å². The second kappa shape index (κ2) is 13.9. The van der Waals surface area contributed by atoms with Crippen molar-refractivity contribution in [3.8, 4) is 11.5 Å². The number of rotatable bonds is 12. The maximum atomic E-state index is 12.8. The lowest BCUT2D eigenvalue weighted by molar-refractivity contribution is -0.144. The Labute approximate surface area is 205 Å². The van der Waals surface area contributed by atoms with E-state index >= 15 is 0 Å². The third-order valence-corrected chi connectivity index (χ3v) is 6.76. The van der Waals surface area contributed by atoms with E-state index in [0.29, 0.717) is 17.9 Å². The zero-order chi connectivity index (χ0) is 24.2. The Bertz CT molecular complexity index is 812. The molecule has 2 aromatic rings. The third-order valence-electron chi connectivity index (χ3n) is 6.76. The number of hydrogen-bond acceptors (Lipinski definition) is 4. The molecule has 1 aliphatic carbocycles. The summed E-state index contributed by atoms with van der Waals surface area (Å²) in [6.07, 6.45) is 12.2. The number of ether oxygens (including phenoxy) is 2. The number of benzene rings is 2. The molecule has 2 aromatic carbocycles. The van der Waals surface area contributed by atoms with Crippen LogP contribution in [0.5, 0.6) is 11.5 Å². The minimum atomic E-state index is -0.267. The second-order valence-electron chi connectivity index (χ2n) is 9.60. The first-order valence-corrected chi connectivity index (χ1v) is 13.2. The van der Waals surface area contributed by atoms with Crippen LogP contribution in [-0.4, -0.2) is 11.9 Å². The van der Waals surface area contributed by atoms with Gasteiger partial charge >= 0.3 is 11.9 Å². The zero-order valence-corrected chi connectivity index (χ0v) is 20.9. The molecule has 0 unspecified atom stereocenters. The van der Waals surface area contributed by atoms with Crippen LogP contribution in [0.1, 0.15) is 89.2 Å². The molecule has 34 heavy (non-hydrogen) atoms. The minimum Gasteiger partial charge on any atom is -0.426 e. The van der Waals surface area contributed by atoms with Crippen LogP contribution in [-0.2, 0) is 22.4 Å². The molecule has 184 valence electrons. The predicted octanol–water partition coefficient (Wildman–Crippen LogP) is 7.47. The van der Waals surface area contributed by atoms with Gasteiger partial charge in [0.15, 0.2) is 0 Å². The van der Waals surface area contributed by atoms with E-state index in [1.807, 2.05) is 48.5 Å². The van der Waals surface area contributed by atoms with Crippen molar-refractivity contribution in [2.24, 2.45) is 11.8 Å². The Morgan fingerprint density at radius 3 is 1.47 bits per heavy atom. The molecule has 0 bridgehead atoms.